The van der Waals surface area contributed by atoms with E-state index in [1.54, 1.807) is 6.92 Å². The summed E-state index contributed by atoms with van der Waals surface area (Å²) in [6, 6.07) is -0.579. The Morgan fingerprint density at radius 3 is 2.79 bits per heavy atom. The van der Waals surface area contributed by atoms with Crippen LogP contribution in [0.15, 0.2) is 0 Å². The van der Waals surface area contributed by atoms with Crippen molar-refractivity contribution in [2.75, 3.05) is 13.1 Å². The first kappa shape index (κ1) is 11.0. The van der Waals surface area contributed by atoms with Crippen molar-refractivity contribution in [1.29, 1.82) is 0 Å². The minimum Gasteiger partial charge on any atom is -0.368 e. The summed E-state index contributed by atoms with van der Waals surface area (Å²) in [7, 11) is 0. The predicted octanol–water partition coefficient (Wildman–Crippen LogP) is -1.02. The van der Waals surface area contributed by atoms with Gasteiger partial charge in [-0.25, -0.2) is 0 Å². The van der Waals surface area contributed by atoms with Crippen molar-refractivity contribution in [2.24, 2.45) is 11.7 Å². The molecule has 1 saturated heterocycles. The number of nitrogens with two attached hydrogens (primary N) is 1. The number of hydrogen-bond acceptors (Lipinski definition) is 3. The minimum absolute atomic E-state index is 0.0226. The second kappa shape index (κ2) is 4.95. The minimum atomic E-state index is -0.579. The molecule has 5 heteroatoms. The smallest absolute Gasteiger partial charge is 0.239 e. The molecule has 80 valence electrons. The maximum Gasteiger partial charge on any atom is 0.239 e. The lowest BCUT2D eigenvalue weighted by Crippen LogP contribution is -2.47. The van der Waals surface area contributed by atoms with E-state index < -0.39 is 11.9 Å². The topological polar surface area (TPSA) is 84.2 Å². The number of primary amides is 1. The van der Waals surface area contributed by atoms with Crippen LogP contribution >= 0.6 is 0 Å². The SMILES string of the molecule is C[C@H](NC(=O)[C@@H]1CCCNC1)C(N)=O. The maximum absolute atomic E-state index is 11.6. The Morgan fingerprint density at radius 2 is 2.29 bits per heavy atom. The van der Waals surface area contributed by atoms with Gasteiger partial charge in [-0.15, -0.1) is 0 Å². The molecule has 14 heavy (non-hydrogen) atoms. The summed E-state index contributed by atoms with van der Waals surface area (Å²) < 4.78 is 0. The first-order valence-corrected chi connectivity index (χ1v) is 4.91. The zero-order chi connectivity index (χ0) is 10.6. The Balaban J connectivity index is 2.36. The van der Waals surface area contributed by atoms with Crippen LogP contribution in [0.5, 0.6) is 0 Å². The van der Waals surface area contributed by atoms with Gasteiger partial charge in [0.25, 0.3) is 0 Å². The Bertz CT molecular complexity index is 224. The molecule has 0 aromatic rings. The highest BCUT2D eigenvalue weighted by atomic mass is 16.2. The molecule has 0 radical (unpaired) electrons. The highest BCUT2D eigenvalue weighted by Crippen LogP contribution is 2.09. The van der Waals surface area contributed by atoms with Crippen LogP contribution in [-0.4, -0.2) is 30.9 Å². The molecule has 0 aromatic heterocycles. The number of nitrogens with one attached hydrogen (secondary N) is 2. The van der Waals surface area contributed by atoms with Crippen molar-refractivity contribution >= 4 is 11.8 Å². The van der Waals surface area contributed by atoms with Gasteiger partial charge < -0.3 is 16.4 Å². The molecule has 1 fully saturated rings. The van der Waals surface area contributed by atoms with Crippen LogP contribution in [0.4, 0.5) is 0 Å². The fraction of sp³-hybridized carbons (Fsp3) is 0.778. The summed E-state index contributed by atoms with van der Waals surface area (Å²) in [6.07, 6.45) is 1.88. The molecule has 1 aliphatic rings. The van der Waals surface area contributed by atoms with E-state index in [-0.39, 0.29) is 11.8 Å². The lowest BCUT2D eigenvalue weighted by atomic mass is 9.98. The summed E-state index contributed by atoms with van der Waals surface area (Å²) in [5.74, 6) is -0.601. The number of hydrogen-bond donors (Lipinski definition) is 3. The molecule has 1 rings (SSSR count). The van der Waals surface area contributed by atoms with Crippen molar-refractivity contribution in [3.63, 3.8) is 0 Å². The van der Waals surface area contributed by atoms with Crippen LogP contribution in [0.2, 0.25) is 0 Å². The number of rotatable bonds is 3. The van der Waals surface area contributed by atoms with Crippen molar-refractivity contribution < 1.29 is 9.59 Å². The van der Waals surface area contributed by atoms with Gasteiger partial charge in [-0.3, -0.25) is 9.59 Å². The summed E-state index contributed by atoms with van der Waals surface area (Å²) in [4.78, 5) is 22.3. The van der Waals surface area contributed by atoms with E-state index in [4.69, 9.17) is 5.73 Å². The van der Waals surface area contributed by atoms with Gasteiger partial charge in [0.15, 0.2) is 0 Å². The van der Waals surface area contributed by atoms with Gasteiger partial charge in [-0.2, -0.15) is 0 Å². The molecule has 1 heterocycles. The van der Waals surface area contributed by atoms with Crippen LogP contribution in [-0.2, 0) is 9.59 Å². The highest BCUT2D eigenvalue weighted by molar-refractivity contribution is 5.87. The molecule has 0 saturated carbocycles. The van der Waals surface area contributed by atoms with Crippen LogP contribution in [0.25, 0.3) is 0 Å². The molecule has 1 aliphatic heterocycles. The van der Waals surface area contributed by atoms with Crippen LogP contribution in [0, 0.1) is 5.92 Å². The lowest BCUT2D eigenvalue weighted by Gasteiger charge is -2.23. The lowest BCUT2D eigenvalue weighted by molar-refractivity contribution is -0.129. The van der Waals surface area contributed by atoms with E-state index in [0.717, 1.165) is 19.4 Å². The molecule has 0 spiro atoms. The molecule has 5 nitrogen and oxygen atoms in total. The molecule has 0 aromatic carbocycles. The normalized spacial score (nSPS) is 23.9. The van der Waals surface area contributed by atoms with E-state index in [0.29, 0.717) is 6.54 Å². The number of amides is 2. The molecule has 4 N–H and O–H groups in total. The van der Waals surface area contributed by atoms with E-state index in [1.165, 1.54) is 0 Å². The highest BCUT2D eigenvalue weighted by Gasteiger charge is 2.23. The van der Waals surface area contributed by atoms with Crippen molar-refractivity contribution in [3.05, 3.63) is 0 Å². The number of carbonyl (C=O) groups is 2. The Labute approximate surface area is 83.4 Å². The quantitative estimate of drug-likeness (QED) is 0.543. The van der Waals surface area contributed by atoms with Crippen LogP contribution in [0.3, 0.4) is 0 Å². The standard InChI is InChI=1S/C9H17N3O2/c1-6(8(10)13)12-9(14)7-3-2-4-11-5-7/h6-7,11H,2-5H2,1H3,(H2,10,13)(H,12,14)/t6-,7+/m0/s1. The third kappa shape index (κ3) is 2.99. The Hall–Kier alpha value is -1.10. The molecular formula is C9H17N3O2. The Morgan fingerprint density at radius 1 is 1.57 bits per heavy atom. The fourth-order valence-electron chi connectivity index (χ4n) is 1.48. The Kier molecular flexibility index (Phi) is 3.88. The van der Waals surface area contributed by atoms with E-state index >= 15 is 0 Å². The molecular weight excluding hydrogens is 182 g/mol. The number of piperidine rings is 1. The van der Waals surface area contributed by atoms with Gasteiger partial charge in [0.1, 0.15) is 6.04 Å². The van der Waals surface area contributed by atoms with Crippen molar-refractivity contribution in [1.82, 2.24) is 10.6 Å². The third-order valence-corrected chi connectivity index (χ3v) is 2.45. The zero-order valence-corrected chi connectivity index (χ0v) is 8.38. The summed E-state index contributed by atoms with van der Waals surface area (Å²) in [6.45, 7) is 3.25. The van der Waals surface area contributed by atoms with Gasteiger partial charge in [0, 0.05) is 6.54 Å². The molecule has 0 unspecified atom stereocenters. The third-order valence-electron chi connectivity index (χ3n) is 2.45. The average Bonchev–Trinajstić information content (AvgIpc) is 2.19. The molecule has 2 atom stereocenters. The monoisotopic (exact) mass is 199 g/mol. The van der Waals surface area contributed by atoms with Crippen LogP contribution in [0.1, 0.15) is 19.8 Å². The van der Waals surface area contributed by atoms with Gasteiger partial charge in [-0.1, -0.05) is 0 Å². The molecule has 0 bridgehead atoms. The zero-order valence-electron chi connectivity index (χ0n) is 8.38. The van der Waals surface area contributed by atoms with E-state index in [9.17, 15) is 9.59 Å². The second-order valence-corrected chi connectivity index (χ2v) is 3.68. The van der Waals surface area contributed by atoms with Gasteiger partial charge >= 0.3 is 0 Å². The fourth-order valence-corrected chi connectivity index (χ4v) is 1.48. The summed E-state index contributed by atoms with van der Waals surface area (Å²) >= 11 is 0. The van der Waals surface area contributed by atoms with Gasteiger partial charge in [-0.05, 0) is 26.3 Å². The summed E-state index contributed by atoms with van der Waals surface area (Å²) in [5.41, 5.74) is 5.04. The first-order valence-electron chi connectivity index (χ1n) is 4.91. The predicted molar refractivity (Wildman–Crippen MR) is 52.4 cm³/mol. The average molecular weight is 199 g/mol. The number of carbonyl (C=O) groups excluding carboxylic acids is 2. The van der Waals surface area contributed by atoms with E-state index in [1.807, 2.05) is 0 Å². The van der Waals surface area contributed by atoms with Gasteiger partial charge in [0.05, 0.1) is 5.92 Å². The van der Waals surface area contributed by atoms with Crippen molar-refractivity contribution in [2.45, 2.75) is 25.8 Å². The summed E-state index contributed by atoms with van der Waals surface area (Å²) in [5, 5.41) is 5.74. The van der Waals surface area contributed by atoms with Crippen LogP contribution < -0.4 is 16.4 Å². The van der Waals surface area contributed by atoms with Gasteiger partial charge in [0.2, 0.25) is 11.8 Å². The largest absolute Gasteiger partial charge is 0.368 e. The first-order chi connectivity index (χ1) is 6.61. The van der Waals surface area contributed by atoms with E-state index in [2.05, 4.69) is 10.6 Å². The second-order valence-electron chi connectivity index (χ2n) is 3.68. The molecule has 2 amide bonds. The maximum atomic E-state index is 11.6. The van der Waals surface area contributed by atoms with Crippen molar-refractivity contribution in [3.8, 4) is 0 Å². The molecule has 0 aliphatic carbocycles.